The molecule has 1 atom stereocenters. The third-order valence-electron chi connectivity index (χ3n) is 3.83. The summed E-state index contributed by atoms with van der Waals surface area (Å²) in [5, 5.41) is 0. The average molecular weight is 246 g/mol. The molecule has 1 fully saturated rings. The summed E-state index contributed by atoms with van der Waals surface area (Å²) < 4.78 is 0. The van der Waals surface area contributed by atoms with Gasteiger partial charge in [-0.25, -0.2) is 4.98 Å². The molecule has 0 saturated carbocycles. The van der Waals surface area contributed by atoms with Gasteiger partial charge >= 0.3 is 0 Å². The van der Waals surface area contributed by atoms with E-state index in [0.29, 0.717) is 11.6 Å². The lowest BCUT2D eigenvalue weighted by Crippen LogP contribution is -2.35. The lowest BCUT2D eigenvalue weighted by molar-refractivity contribution is 0.112. The molecule has 1 aromatic rings. The van der Waals surface area contributed by atoms with Gasteiger partial charge < -0.3 is 4.90 Å². The summed E-state index contributed by atoms with van der Waals surface area (Å²) in [6.07, 6.45) is 8.85. The Bertz CT molecular complexity index is 417. The van der Waals surface area contributed by atoms with E-state index in [0.717, 1.165) is 30.6 Å². The predicted molar refractivity (Wildman–Crippen MR) is 74.3 cm³/mol. The fourth-order valence-corrected chi connectivity index (χ4v) is 2.84. The van der Waals surface area contributed by atoms with E-state index in [1.165, 1.54) is 25.7 Å². The highest BCUT2D eigenvalue weighted by Crippen LogP contribution is 2.26. The van der Waals surface area contributed by atoms with Crippen molar-refractivity contribution >= 4 is 12.1 Å². The van der Waals surface area contributed by atoms with Crippen molar-refractivity contribution in [2.24, 2.45) is 0 Å². The van der Waals surface area contributed by atoms with E-state index >= 15 is 0 Å². The van der Waals surface area contributed by atoms with Crippen molar-refractivity contribution in [2.75, 3.05) is 11.4 Å². The van der Waals surface area contributed by atoms with Crippen LogP contribution in [0.15, 0.2) is 12.3 Å². The summed E-state index contributed by atoms with van der Waals surface area (Å²) in [6, 6.07) is 2.54. The highest BCUT2D eigenvalue weighted by Gasteiger charge is 2.21. The summed E-state index contributed by atoms with van der Waals surface area (Å²) in [5.74, 6) is 1.06. The number of pyridine rings is 1. The lowest BCUT2D eigenvalue weighted by atomic mass is 10.1. The average Bonchev–Trinajstić information content (AvgIpc) is 2.63. The van der Waals surface area contributed by atoms with E-state index < -0.39 is 0 Å². The molecule has 0 amide bonds. The number of anilines is 1. The van der Waals surface area contributed by atoms with Crippen LogP contribution in [-0.4, -0.2) is 23.9 Å². The number of rotatable bonds is 3. The van der Waals surface area contributed by atoms with Gasteiger partial charge in [0.1, 0.15) is 5.82 Å². The summed E-state index contributed by atoms with van der Waals surface area (Å²) in [7, 11) is 0. The Balaban J connectivity index is 2.29. The molecule has 0 aromatic carbocycles. The van der Waals surface area contributed by atoms with E-state index in [-0.39, 0.29) is 0 Å². The van der Waals surface area contributed by atoms with E-state index in [4.69, 9.17) is 0 Å². The molecule has 98 valence electrons. The minimum Gasteiger partial charge on any atom is -0.353 e. The lowest BCUT2D eigenvalue weighted by Gasteiger charge is -2.31. The van der Waals surface area contributed by atoms with Crippen LogP contribution in [0.4, 0.5) is 5.82 Å². The van der Waals surface area contributed by atoms with Crippen LogP contribution in [0.25, 0.3) is 0 Å². The van der Waals surface area contributed by atoms with Crippen molar-refractivity contribution in [3.05, 3.63) is 23.4 Å². The van der Waals surface area contributed by atoms with Gasteiger partial charge in [-0.05, 0) is 37.8 Å². The first-order valence-corrected chi connectivity index (χ1v) is 6.94. The predicted octanol–water partition coefficient (Wildman–Crippen LogP) is 3.36. The maximum Gasteiger partial charge on any atom is 0.151 e. The molecule has 0 N–H and O–H groups in total. The highest BCUT2D eigenvalue weighted by atomic mass is 16.1. The van der Waals surface area contributed by atoms with Crippen LogP contribution in [0.1, 0.15) is 54.9 Å². The molecule has 0 bridgehead atoms. The molecule has 1 aromatic heterocycles. The second kappa shape index (κ2) is 5.98. The Morgan fingerprint density at radius 2 is 2.28 bits per heavy atom. The SMILES string of the molecule is CCC1CCCCCN1c1ncc(C=O)cc1C. The first-order valence-electron chi connectivity index (χ1n) is 6.94. The molecule has 0 aliphatic carbocycles. The molecular formula is C15H22N2O. The summed E-state index contributed by atoms with van der Waals surface area (Å²) >= 11 is 0. The van der Waals surface area contributed by atoms with Crippen LogP contribution in [0.2, 0.25) is 0 Å². The number of nitrogens with zero attached hydrogens (tertiary/aromatic N) is 2. The van der Waals surface area contributed by atoms with Crippen LogP contribution in [0, 0.1) is 6.92 Å². The standard InChI is InChI=1S/C15H22N2O/c1-3-14-7-5-4-6-8-17(14)15-12(2)9-13(11-18)10-16-15/h9-11,14H,3-8H2,1-2H3. The molecule has 2 heterocycles. The number of carbonyl (C=O) groups is 1. The summed E-state index contributed by atoms with van der Waals surface area (Å²) in [6.45, 7) is 5.39. The van der Waals surface area contributed by atoms with Gasteiger partial charge in [-0.1, -0.05) is 19.8 Å². The maximum absolute atomic E-state index is 10.8. The fraction of sp³-hybridized carbons (Fsp3) is 0.600. The van der Waals surface area contributed by atoms with Crippen molar-refractivity contribution in [3.63, 3.8) is 0 Å². The smallest absolute Gasteiger partial charge is 0.151 e. The van der Waals surface area contributed by atoms with Crippen LogP contribution in [-0.2, 0) is 0 Å². The second-order valence-electron chi connectivity index (χ2n) is 5.13. The van der Waals surface area contributed by atoms with Gasteiger partial charge in [0.15, 0.2) is 6.29 Å². The van der Waals surface area contributed by atoms with Crippen LogP contribution < -0.4 is 4.90 Å². The summed E-state index contributed by atoms with van der Waals surface area (Å²) in [5.41, 5.74) is 1.78. The quantitative estimate of drug-likeness (QED) is 0.767. The van der Waals surface area contributed by atoms with Crippen molar-refractivity contribution in [2.45, 2.75) is 52.0 Å². The fourth-order valence-electron chi connectivity index (χ4n) is 2.84. The van der Waals surface area contributed by atoms with Crippen LogP contribution >= 0.6 is 0 Å². The number of aromatic nitrogens is 1. The van der Waals surface area contributed by atoms with Gasteiger partial charge in [-0.3, -0.25) is 4.79 Å². The number of hydrogen-bond acceptors (Lipinski definition) is 3. The zero-order chi connectivity index (χ0) is 13.0. The molecule has 1 aliphatic rings. The monoisotopic (exact) mass is 246 g/mol. The number of aldehydes is 1. The zero-order valence-corrected chi connectivity index (χ0v) is 11.4. The molecule has 0 radical (unpaired) electrons. The Labute approximate surface area is 109 Å². The van der Waals surface area contributed by atoms with Gasteiger partial charge in [0.05, 0.1) is 0 Å². The van der Waals surface area contributed by atoms with E-state index in [2.05, 4.69) is 16.8 Å². The molecule has 1 saturated heterocycles. The molecule has 1 aliphatic heterocycles. The normalized spacial score (nSPS) is 20.6. The second-order valence-corrected chi connectivity index (χ2v) is 5.13. The minimum atomic E-state index is 0.598. The first kappa shape index (κ1) is 13.1. The van der Waals surface area contributed by atoms with Gasteiger partial charge in [-0.2, -0.15) is 0 Å². The molecule has 2 rings (SSSR count). The molecular weight excluding hydrogens is 224 g/mol. The Morgan fingerprint density at radius 1 is 1.44 bits per heavy atom. The largest absolute Gasteiger partial charge is 0.353 e. The molecule has 18 heavy (non-hydrogen) atoms. The van der Waals surface area contributed by atoms with E-state index in [1.54, 1.807) is 6.20 Å². The first-order chi connectivity index (χ1) is 8.76. The Kier molecular flexibility index (Phi) is 4.34. The molecule has 1 unspecified atom stereocenters. The van der Waals surface area contributed by atoms with E-state index in [9.17, 15) is 4.79 Å². The Hall–Kier alpha value is -1.38. The molecule has 3 heteroatoms. The van der Waals surface area contributed by atoms with Crippen LogP contribution in [0.3, 0.4) is 0 Å². The minimum absolute atomic E-state index is 0.598. The maximum atomic E-state index is 10.8. The van der Waals surface area contributed by atoms with Gasteiger partial charge in [0, 0.05) is 24.3 Å². The van der Waals surface area contributed by atoms with E-state index in [1.807, 2.05) is 13.0 Å². The van der Waals surface area contributed by atoms with Crippen molar-refractivity contribution in [1.82, 2.24) is 4.98 Å². The van der Waals surface area contributed by atoms with Crippen LogP contribution in [0.5, 0.6) is 0 Å². The van der Waals surface area contributed by atoms with Crippen molar-refractivity contribution in [1.29, 1.82) is 0 Å². The molecule has 0 spiro atoms. The number of aryl methyl sites for hydroxylation is 1. The van der Waals surface area contributed by atoms with Gasteiger partial charge in [0.25, 0.3) is 0 Å². The molecule has 3 nitrogen and oxygen atoms in total. The van der Waals surface area contributed by atoms with Gasteiger partial charge in [-0.15, -0.1) is 0 Å². The topological polar surface area (TPSA) is 33.2 Å². The highest BCUT2D eigenvalue weighted by molar-refractivity contribution is 5.75. The van der Waals surface area contributed by atoms with Crippen molar-refractivity contribution < 1.29 is 4.79 Å². The summed E-state index contributed by atoms with van der Waals surface area (Å²) in [4.78, 5) is 17.7. The number of carbonyl (C=O) groups excluding carboxylic acids is 1. The zero-order valence-electron chi connectivity index (χ0n) is 11.4. The number of hydrogen-bond donors (Lipinski definition) is 0. The van der Waals surface area contributed by atoms with Gasteiger partial charge in [0.2, 0.25) is 0 Å². The third kappa shape index (κ3) is 2.71. The van der Waals surface area contributed by atoms with Crippen molar-refractivity contribution in [3.8, 4) is 0 Å². The Morgan fingerprint density at radius 3 is 2.94 bits per heavy atom. The third-order valence-corrected chi connectivity index (χ3v) is 3.83.